The van der Waals surface area contributed by atoms with Crippen LogP contribution in [0, 0.1) is 0 Å². The lowest BCUT2D eigenvalue weighted by atomic mass is 10.3. The number of rotatable bonds is 5. The van der Waals surface area contributed by atoms with Crippen molar-refractivity contribution in [3.63, 3.8) is 0 Å². The molecule has 2 N–H and O–H groups in total. The predicted octanol–water partition coefficient (Wildman–Crippen LogP) is 1.46. The van der Waals surface area contributed by atoms with E-state index in [0.29, 0.717) is 24.6 Å². The second-order valence-electron chi connectivity index (χ2n) is 3.06. The molecule has 0 bridgehead atoms. The molecule has 1 aromatic rings. The summed E-state index contributed by atoms with van der Waals surface area (Å²) in [4.78, 5) is 11.3. The van der Waals surface area contributed by atoms with Crippen LogP contribution in [0.25, 0.3) is 0 Å². The minimum atomic E-state index is -0.486. The average molecular weight is 224 g/mol. The van der Waals surface area contributed by atoms with Gasteiger partial charge >= 0.3 is 6.09 Å². The van der Waals surface area contributed by atoms with Crippen molar-refractivity contribution in [3.05, 3.63) is 24.3 Å². The van der Waals surface area contributed by atoms with Crippen molar-refractivity contribution in [2.75, 3.05) is 32.6 Å². The number of benzene rings is 1. The molecule has 0 heterocycles. The van der Waals surface area contributed by atoms with E-state index in [0.717, 1.165) is 0 Å². The number of methoxy groups -OCH3 is 1. The summed E-state index contributed by atoms with van der Waals surface area (Å²) in [5.41, 5.74) is 0.597. The Labute approximate surface area is 94.7 Å². The second-order valence-corrected chi connectivity index (χ2v) is 3.06. The molecule has 0 aliphatic rings. The van der Waals surface area contributed by atoms with Gasteiger partial charge in [0.15, 0.2) is 0 Å². The van der Waals surface area contributed by atoms with E-state index in [2.05, 4.69) is 10.6 Å². The Morgan fingerprint density at radius 1 is 1.38 bits per heavy atom. The highest BCUT2D eigenvalue weighted by Crippen LogP contribution is 2.22. The van der Waals surface area contributed by atoms with Gasteiger partial charge < -0.3 is 14.8 Å². The predicted molar refractivity (Wildman–Crippen MR) is 61.9 cm³/mol. The van der Waals surface area contributed by atoms with E-state index in [1.807, 2.05) is 12.1 Å². The first-order chi connectivity index (χ1) is 7.77. The molecular formula is C11H16N2O3. The fourth-order valence-corrected chi connectivity index (χ4v) is 1.14. The minimum absolute atomic E-state index is 0.331. The fourth-order valence-electron chi connectivity index (χ4n) is 1.14. The summed E-state index contributed by atoms with van der Waals surface area (Å²) >= 11 is 0. The van der Waals surface area contributed by atoms with Crippen molar-refractivity contribution in [3.8, 4) is 5.75 Å². The van der Waals surface area contributed by atoms with Gasteiger partial charge in [-0.2, -0.15) is 0 Å². The molecule has 0 saturated carbocycles. The molecule has 88 valence electrons. The van der Waals surface area contributed by atoms with E-state index in [-0.39, 0.29) is 0 Å². The zero-order valence-electron chi connectivity index (χ0n) is 9.45. The third-order valence-electron chi connectivity index (χ3n) is 1.93. The van der Waals surface area contributed by atoms with Crippen LogP contribution in [0.15, 0.2) is 24.3 Å². The molecule has 0 fully saturated rings. The molecule has 1 amide bonds. The summed E-state index contributed by atoms with van der Waals surface area (Å²) < 4.78 is 10.0. The Kier molecular flexibility index (Phi) is 5.15. The van der Waals surface area contributed by atoms with E-state index >= 15 is 0 Å². The zero-order chi connectivity index (χ0) is 11.8. The highest BCUT2D eigenvalue weighted by atomic mass is 16.5. The topological polar surface area (TPSA) is 59.6 Å². The van der Waals surface area contributed by atoms with Gasteiger partial charge in [0.05, 0.1) is 12.8 Å². The Hall–Kier alpha value is -1.75. The maximum Gasteiger partial charge on any atom is 0.411 e. The summed E-state index contributed by atoms with van der Waals surface area (Å²) in [7, 11) is 3.34. The molecule has 0 aliphatic heterocycles. The van der Waals surface area contributed by atoms with E-state index in [4.69, 9.17) is 9.47 Å². The van der Waals surface area contributed by atoms with Gasteiger partial charge in [0.2, 0.25) is 0 Å². The molecule has 0 radical (unpaired) electrons. The normalized spacial score (nSPS) is 9.62. The lowest BCUT2D eigenvalue weighted by Crippen LogP contribution is -2.20. The van der Waals surface area contributed by atoms with Crippen molar-refractivity contribution in [2.45, 2.75) is 0 Å². The van der Waals surface area contributed by atoms with E-state index < -0.39 is 6.09 Å². The van der Waals surface area contributed by atoms with Crippen molar-refractivity contribution in [1.29, 1.82) is 0 Å². The molecule has 0 unspecified atom stereocenters. The van der Waals surface area contributed by atoms with Gasteiger partial charge in [0.1, 0.15) is 12.4 Å². The first kappa shape index (κ1) is 12.3. The lowest BCUT2D eigenvalue weighted by molar-refractivity contribution is 0.162. The number of amides is 1. The summed E-state index contributed by atoms with van der Waals surface area (Å²) in [6.07, 6.45) is -0.486. The number of carbonyl (C=O) groups is 1. The molecule has 0 atom stereocenters. The minimum Gasteiger partial charge on any atom is -0.495 e. The number of hydrogen-bond donors (Lipinski definition) is 2. The quantitative estimate of drug-likeness (QED) is 0.743. The summed E-state index contributed by atoms with van der Waals surface area (Å²) in [6, 6.07) is 7.16. The number of carbonyl (C=O) groups excluding carboxylic acids is 1. The van der Waals surface area contributed by atoms with Gasteiger partial charge in [-0.3, -0.25) is 5.32 Å². The summed E-state index contributed by atoms with van der Waals surface area (Å²) in [6.45, 7) is 0.955. The van der Waals surface area contributed by atoms with Crippen molar-refractivity contribution < 1.29 is 14.3 Å². The maximum absolute atomic E-state index is 11.3. The Bertz CT molecular complexity index is 342. The molecule has 1 aromatic carbocycles. The molecule has 0 aromatic heterocycles. The molecule has 16 heavy (non-hydrogen) atoms. The Morgan fingerprint density at radius 3 is 2.81 bits per heavy atom. The highest BCUT2D eigenvalue weighted by molar-refractivity contribution is 5.86. The highest BCUT2D eigenvalue weighted by Gasteiger charge is 2.06. The number of hydrogen-bond acceptors (Lipinski definition) is 4. The lowest BCUT2D eigenvalue weighted by Gasteiger charge is -2.09. The van der Waals surface area contributed by atoms with Crippen LogP contribution < -0.4 is 15.4 Å². The fraction of sp³-hybridized carbons (Fsp3) is 0.364. The zero-order valence-corrected chi connectivity index (χ0v) is 9.45. The molecular weight excluding hydrogens is 208 g/mol. The molecule has 5 nitrogen and oxygen atoms in total. The smallest absolute Gasteiger partial charge is 0.411 e. The van der Waals surface area contributed by atoms with Gasteiger partial charge in [-0.25, -0.2) is 4.79 Å². The third kappa shape index (κ3) is 3.78. The average Bonchev–Trinajstić information content (AvgIpc) is 2.30. The van der Waals surface area contributed by atoms with Crippen LogP contribution in [0.3, 0.4) is 0 Å². The van der Waals surface area contributed by atoms with Crippen LogP contribution in [0.2, 0.25) is 0 Å². The van der Waals surface area contributed by atoms with E-state index in [9.17, 15) is 4.79 Å². The number of anilines is 1. The molecule has 1 rings (SSSR count). The SMILES string of the molecule is CNCCOC(=O)Nc1ccccc1OC. The largest absolute Gasteiger partial charge is 0.495 e. The van der Waals surface area contributed by atoms with Crippen LogP contribution in [0.1, 0.15) is 0 Å². The molecule has 0 saturated heterocycles. The van der Waals surface area contributed by atoms with Gasteiger partial charge in [-0.05, 0) is 19.2 Å². The Morgan fingerprint density at radius 2 is 2.12 bits per heavy atom. The number of ether oxygens (including phenoxy) is 2. The van der Waals surface area contributed by atoms with E-state index in [1.54, 1.807) is 26.3 Å². The van der Waals surface area contributed by atoms with Crippen LogP contribution in [0.5, 0.6) is 5.75 Å². The van der Waals surface area contributed by atoms with E-state index in [1.165, 1.54) is 0 Å². The first-order valence-electron chi connectivity index (χ1n) is 4.99. The van der Waals surface area contributed by atoms with Gasteiger partial charge in [-0.1, -0.05) is 12.1 Å². The van der Waals surface area contributed by atoms with Crippen LogP contribution in [-0.2, 0) is 4.74 Å². The molecule has 0 spiro atoms. The second kappa shape index (κ2) is 6.68. The molecule has 5 heteroatoms. The van der Waals surface area contributed by atoms with Gasteiger partial charge in [-0.15, -0.1) is 0 Å². The van der Waals surface area contributed by atoms with Crippen molar-refractivity contribution in [1.82, 2.24) is 5.32 Å². The number of nitrogens with one attached hydrogen (secondary N) is 2. The standard InChI is InChI=1S/C11H16N2O3/c1-12-7-8-16-11(14)13-9-5-3-4-6-10(9)15-2/h3-6,12H,7-8H2,1-2H3,(H,13,14). The Balaban J connectivity index is 2.49. The monoisotopic (exact) mass is 224 g/mol. The van der Waals surface area contributed by atoms with Gasteiger partial charge in [0, 0.05) is 6.54 Å². The maximum atomic E-state index is 11.3. The first-order valence-corrected chi connectivity index (χ1v) is 4.99. The van der Waals surface area contributed by atoms with Crippen LogP contribution in [-0.4, -0.2) is 33.4 Å². The summed E-state index contributed by atoms with van der Waals surface area (Å²) in [5.74, 6) is 0.605. The number of para-hydroxylation sites is 2. The summed E-state index contributed by atoms with van der Waals surface area (Å²) in [5, 5.41) is 5.49. The van der Waals surface area contributed by atoms with Crippen molar-refractivity contribution in [2.24, 2.45) is 0 Å². The van der Waals surface area contributed by atoms with Crippen LogP contribution in [0.4, 0.5) is 10.5 Å². The third-order valence-corrected chi connectivity index (χ3v) is 1.93. The van der Waals surface area contributed by atoms with Gasteiger partial charge in [0.25, 0.3) is 0 Å². The number of likely N-dealkylation sites (N-methyl/N-ethyl adjacent to an activating group) is 1. The van der Waals surface area contributed by atoms with Crippen molar-refractivity contribution >= 4 is 11.8 Å². The van der Waals surface area contributed by atoms with Crippen LogP contribution >= 0.6 is 0 Å². The molecule has 0 aliphatic carbocycles.